The van der Waals surface area contributed by atoms with Crippen LogP contribution in [0.2, 0.25) is 0 Å². The molecule has 3 N–H and O–H groups in total. The van der Waals surface area contributed by atoms with Crippen LogP contribution in [0.5, 0.6) is 17.4 Å². The number of amides is 2. The minimum absolute atomic E-state index is 0.0299. The molecule has 2 aliphatic heterocycles. The van der Waals surface area contributed by atoms with Crippen LogP contribution in [-0.2, 0) is 12.7 Å². The van der Waals surface area contributed by atoms with Crippen LogP contribution in [-0.4, -0.2) is 60.0 Å². The van der Waals surface area contributed by atoms with Crippen molar-refractivity contribution in [1.82, 2.24) is 25.5 Å². The minimum atomic E-state index is -4.88. The van der Waals surface area contributed by atoms with Gasteiger partial charge in [-0.25, -0.2) is 9.37 Å². The molecule has 2 aliphatic rings. The molecule has 10 nitrogen and oxygen atoms in total. The summed E-state index contributed by atoms with van der Waals surface area (Å²) in [5.41, 5.74) is -0.830. The molecule has 0 saturated carbocycles. The Morgan fingerprint density at radius 3 is 2.63 bits per heavy atom. The van der Waals surface area contributed by atoms with E-state index in [2.05, 4.69) is 25.9 Å². The first-order chi connectivity index (χ1) is 19.5. The van der Waals surface area contributed by atoms with Crippen molar-refractivity contribution in [3.8, 4) is 17.4 Å². The number of anilines is 2. The Morgan fingerprint density at radius 2 is 1.93 bits per heavy atom. The van der Waals surface area contributed by atoms with Crippen LogP contribution in [0.4, 0.5) is 29.2 Å². The van der Waals surface area contributed by atoms with Gasteiger partial charge in [-0.1, -0.05) is 12.1 Å². The molecule has 1 saturated heterocycles. The number of methoxy groups -OCH3 is 1. The quantitative estimate of drug-likeness (QED) is 0.359. The number of alkyl halides is 3. The van der Waals surface area contributed by atoms with Crippen LogP contribution in [0, 0.1) is 5.82 Å². The number of hydrogen-bond acceptors (Lipinski definition) is 8. The number of piperidine rings is 1. The van der Waals surface area contributed by atoms with Gasteiger partial charge in [-0.3, -0.25) is 9.59 Å². The summed E-state index contributed by atoms with van der Waals surface area (Å²) in [6.45, 7) is 1.75. The standard InChI is InChI=1S/C27H26F4N6O4/c1-37-13-14-4-3-5-20(22(14)25(37)39)41-24-17(27(29,30)31)12-33-26(36-24)35-19-11-18(28)16(10-21(19)40-2)23(38)34-15-6-8-32-9-7-15/h3-5,10-12,15,32H,6-9,13H2,1-2H3,(H,34,38)(H,33,35,36). The zero-order chi connectivity index (χ0) is 29.3. The smallest absolute Gasteiger partial charge is 0.423 e. The zero-order valence-corrected chi connectivity index (χ0v) is 22.1. The summed E-state index contributed by atoms with van der Waals surface area (Å²) >= 11 is 0. The van der Waals surface area contributed by atoms with Crippen molar-refractivity contribution in [2.45, 2.75) is 31.6 Å². The molecule has 0 radical (unpaired) electrons. The lowest BCUT2D eigenvalue weighted by Gasteiger charge is -2.24. The highest BCUT2D eigenvalue weighted by atomic mass is 19.4. The van der Waals surface area contributed by atoms with E-state index in [-0.39, 0.29) is 46.8 Å². The first-order valence-electron chi connectivity index (χ1n) is 12.7. The molecule has 0 bridgehead atoms. The Kier molecular flexibility index (Phi) is 7.67. The summed E-state index contributed by atoms with van der Waals surface area (Å²) in [6, 6.07) is 6.66. The zero-order valence-electron chi connectivity index (χ0n) is 22.1. The molecule has 0 spiro atoms. The van der Waals surface area contributed by atoms with Gasteiger partial charge in [0.25, 0.3) is 11.8 Å². The summed E-state index contributed by atoms with van der Waals surface area (Å²) in [5, 5.41) is 8.61. The third kappa shape index (κ3) is 5.87. The van der Waals surface area contributed by atoms with Crippen LogP contribution in [0.25, 0.3) is 0 Å². The van der Waals surface area contributed by atoms with Gasteiger partial charge in [-0.2, -0.15) is 18.2 Å². The number of carbonyl (C=O) groups is 2. The maximum Gasteiger partial charge on any atom is 0.423 e. The van der Waals surface area contributed by atoms with Crippen molar-refractivity contribution in [3.05, 3.63) is 64.6 Å². The summed E-state index contributed by atoms with van der Waals surface area (Å²) < 4.78 is 67.3. The molecule has 1 aromatic heterocycles. The fourth-order valence-corrected chi connectivity index (χ4v) is 4.70. The molecule has 41 heavy (non-hydrogen) atoms. The number of rotatable bonds is 7. The number of carbonyl (C=O) groups excluding carboxylic acids is 2. The van der Waals surface area contributed by atoms with Crippen molar-refractivity contribution < 1.29 is 36.6 Å². The van der Waals surface area contributed by atoms with Crippen LogP contribution in [0.3, 0.4) is 0 Å². The van der Waals surface area contributed by atoms with Crippen molar-refractivity contribution >= 4 is 23.5 Å². The van der Waals surface area contributed by atoms with E-state index in [0.717, 1.165) is 19.2 Å². The largest absolute Gasteiger partial charge is 0.495 e. The highest BCUT2D eigenvalue weighted by molar-refractivity contribution is 6.01. The summed E-state index contributed by atoms with van der Waals surface area (Å²) in [5.74, 6) is -3.19. The summed E-state index contributed by atoms with van der Waals surface area (Å²) in [7, 11) is 2.86. The Hall–Kier alpha value is -4.46. The lowest BCUT2D eigenvalue weighted by atomic mass is 10.1. The van der Waals surface area contributed by atoms with Crippen LogP contribution in [0.15, 0.2) is 36.5 Å². The topological polar surface area (TPSA) is 118 Å². The van der Waals surface area contributed by atoms with Crippen molar-refractivity contribution in [1.29, 1.82) is 0 Å². The van der Waals surface area contributed by atoms with Crippen LogP contribution >= 0.6 is 0 Å². The van der Waals surface area contributed by atoms with Crippen molar-refractivity contribution in [2.75, 3.05) is 32.6 Å². The third-order valence-electron chi connectivity index (χ3n) is 6.80. The lowest BCUT2D eigenvalue weighted by molar-refractivity contribution is -0.139. The average molecular weight is 575 g/mol. The molecule has 0 aliphatic carbocycles. The van der Waals surface area contributed by atoms with E-state index in [1.807, 2.05) is 0 Å². The second-order valence-electron chi connectivity index (χ2n) is 9.62. The lowest BCUT2D eigenvalue weighted by Crippen LogP contribution is -2.42. The Balaban J connectivity index is 1.44. The van der Waals surface area contributed by atoms with Crippen molar-refractivity contribution in [2.24, 2.45) is 0 Å². The van der Waals surface area contributed by atoms with Gasteiger partial charge in [0, 0.05) is 31.9 Å². The van der Waals surface area contributed by atoms with E-state index in [0.29, 0.717) is 24.6 Å². The molecule has 0 unspecified atom stereocenters. The number of hydrogen-bond donors (Lipinski definition) is 3. The first-order valence-corrected chi connectivity index (χ1v) is 12.7. The van der Waals surface area contributed by atoms with Gasteiger partial charge in [-0.15, -0.1) is 0 Å². The highest BCUT2D eigenvalue weighted by Gasteiger charge is 2.37. The molecule has 2 aromatic carbocycles. The number of fused-ring (bicyclic) bond motifs is 1. The Labute approximate surface area is 232 Å². The molecule has 1 fully saturated rings. The van der Waals surface area contributed by atoms with Gasteiger partial charge >= 0.3 is 6.18 Å². The third-order valence-corrected chi connectivity index (χ3v) is 6.80. The van der Waals surface area contributed by atoms with Gasteiger partial charge in [0.05, 0.1) is 23.9 Å². The normalized spacial score (nSPS) is 15.5. The average Bonchev–Trinajstić information content (AvgIpc) is 3.22. The molecule has 0 atom stereocenters. The number of nitrogens with one attached hydrogen (secondary N) is 3. The maximum absolute atomic E-state index is 15.0. The number of halogens is 4. The Morgan fingerprint density at radius 1 is 1.17 bits per heavy atom. The number of ether oxygens (including phenoxy) is 2. The van der Waals surface area contributed by atoms with Gasteiger partial charge < -0.3 is 30.3 Å². The molecule has 216 valence electrons. The number of nitrogens with zero attached hydrogens (tertiary/aromatic N) is 3. The maximum atomic E-state index is 15.0. The van der Waals surface area contributed by atoms with E-state index < -0.39 is 35.3 Å². The molecular formula is C27H26F4N6O4. The SMILES string of the molecule is COc1cc(C(=O)NC2CCNCC2)c(F)cc1Nc1ncc(C(F)(F)F)c(Oc2cccc3c2C(=O)N(C)C3)n1. The summed E-state index contributed by atoms with van der Waals surface area (Å²) in [6.07, 6.45) is -2.95. The second-order valence-corrected chi connectivity index (χ2v) is 9.62. The fourth-order valence-electron chi connectivity index (χ4n) is 4.70. The first kappa shape index (κ1) is 28.1. The Bertz CT molecular complexity index is 1490. The molecule has 2 amide bonds. The monoisotopic (exact) mass is 574 g/mol. The van der Waals surface area contributed by atoms with Crippen LogP contribution < -0.4 is 25.4 Å². The minimum Gasteiger partial charge on any atom is -0.495 e. The highest BCUT2D eigenvalue weighted by Crippen LogP contribution is 2.40. The number of benzene rings is 2. The molecule has 14 heteroatoms. The van der Waals surface area contributed by atoms with E-state index in [4.69, 9.17) is 9.47 Å². The van der Waals surface area contributed by atoms with Gasteiger partial charge in [0.2, 0.25) is 11.8 Å². The molecular weight excluding hydrogens is 548 g/mol. The predicted molar refractivity (Wildman–Crippen MR) is 139 cm³/mol. The van der Waals surface area contributed by atoms with Gasteiger partial charge in [0.1, 0.15) is 22.9 Å². The van der Waals surface area contributed by atoms with E-state index >= 15 is 4.39 Å². The van der Waals surface area contributed by atoms with Crippen molar-refractivity contribution in [3.63, 3.8) is 0 Å². The van der Waals surface area contributed by atoms with E-state index in [1.165, 1.54) is 24.1 Å². The predicted octanol–water partition coefficient (Wildman–Crippen LogP) is 4.25. The molecule has 5 rings (SSSR count). The van der Waals surface area contributed by atoms with E-state index in [1.54, 1.807) is 19.2 Å². The van der Waals surface area contributed by atoms with Crippen LogP contribution in [0.1, 0.15) is 44.7 Å². The fraction of sp³-hybridized carbons (Fsp3) is 0.333. The van der Waals surface area contributed by atoms with Gasteiger partial charge in [-0.05, 0) is 43.6 Å². The molecule has 3 aromatic rings. The van der Waals surface area contributed by atoms with Gasteiger partial charge in [0.15, 0.2) is 0 Å². The second kappa shape index (κ2) is 11.2. The number of aromatic nitrogens is 2. The van der Waals surface area contributed by atoms with E-state index in [9.17, 15) is 22.8 Å². The molecule has 3 heterocycles. The summed E-state index contributed by atoms with van der Waals surface area (Å²) in [4.78, 5) is 34.3.